The first kappa shape index (κ1) is 13.6. The Labute approximate surface area is 115 Å². The van der Waals surface area contributed by atoms with Gasteiger partial charge in [0.2, 0.25) is 0 Å². The number of thioether (sulfide) groups is 1. The molecule has 0 aliphatic rings. The van der Waals surface area contributed by atoms with E-state index < -0.39 is 11.8 Å². The summed E-state index contributed by atoms with van der Waals surface area (Å²) < 4.78 is 13.7. The van der Waals surface area contributed by atoms with Crippen LogP contribution in [-0.2, 0) is 5.75 Å². The molecular formula is C15H13FO2S. The summed E-state index contributed by atoms with van der Waals surface area (Å²) in [7, 11) is 0. The van der Waals surface area contributed by atoms with Crippen LogP contribution in [0.5, 0.6) is 0 Å². The van der Waals surface area contributed by atoms with E-state index in [0.29, 0.717) is 11.3 Å². The SMILES string of the molecule is Cc1ccc(SCc2ccc(C(=O)O)cc2F)cc1. The van der Waals surface area contributed by atoms with Crippen LogP contribution in [0.1, 0.15) is 21.5 Å². The molecule has 1 N–H and O–H groups in total. The number of aryl methyl sites for hydroxylation is 1. The van der Waals surface area contributed by atoms with E-state index in [1.165, 1.54) is 29.5 Å². The number of hydrogen-bond acceptors (Lipinski definition) is 2. The minimum absolute atomic E-state index is 0.0263. The van der Waals surface area contributed by atoms with Crippen molar-refractivity contribution in [2.24, 2.45) is 0 Å². The van der Waals surface area contributed by atoms with Gasteiger partial charge in [-0.05, 0) is 36.8 Å². The predicted molar refractivity (Wildman–Crippen MR) is 74.1 cm³/mol. The first-order valence-corrected chi connectivity index (χ1v) is 6.76. The van der Waals surface area contributed by atoms with Gasteiger partial charge >= 0.3 is 5.97 Å². The first-order valence-electron chi connectivity index (χ1n) is 5.77. The maximum atomic E-state index is 13.7. The summed E-state index contributed by atoms with van der Waals surface area (Å²) in [5, 5.41) is 8.76. The summed E-state index contributed by atoms with van der Waals surface area (Å²) in [5.74, 6) is -1.11. The van der Waals surface area contributed by atoms with Crippen LogP contribution in [0.25, 0.3) is 0 Å². The molecule has 2 nitrogen and oxygen atoms in total. The van der Waals surface area contributed by atoms with Crippen LogP contribution in [0, 0.1) is 12.7 Å². The predicted octanol–water partition coefficient (Wildman–Crippen LogP) is 4.12. The van der Waals surface area contributed by atoms with Gasteiger partial charge < -0.3 is 5.11 Å². The summed E-state index contributed by atoms with van der Waals surface area (Å²) >= 11 is 1.52. The Bertz CT molecular complexity index is 594. The van der Waals surface area contributed by atoms with Crippen molar-refractivity contribution in [1.29, 1.82) is 0 Å². The van der Waals surface area contributed by atoms with Crippen LogP contribution in [0.2, 0.25) is 0 Å². The molecule has 0 aliphatic carbocycles. The Balaban J connectivity index is 2.07. The molecule has 0 saturated carbocycles. The normalized spacial score (nSPS) is 10.4. The van der Waals surface area contributed by atoms with Crippen molar-refractivity contribution in [2.75, 3.05) is 0 Å². The molecule has 0 radical (unpaired) electrons. The molecule has 0 heterocycles. The number of halogens is 1. The fourth-order valence-corrected chi connectivity index (χ4v) is 2.48. The van der Waals surface area contributed by atoms with Crippen molar-refractivity contribution in [3.8, 4) is 0 Å². The Hall–Kier alpha value is -1.81. The average molecular weight is 276 g/mol. The lowest BCUT2D eigenvalue weighted by Gasteiger charge is -2.05. The Morgan fingerprint density at radius 1 is 1.21 bits per heavy atom. The standard InChI is InChI=1S/C15H13FO2S/c1-10-2-6-13(7-3-10)19-9-12-5-4-11(15(17)18)8-14(12)16/h2-8H,9H2,1H3,(H,17,18). The van der Waals surface area contributed by atoms with E-state index in [9.17, 15) is 9.18 Å². The third-order valence-corrected chi connectivity index (χ3v) is 3.78. The summed E-state index contributed by atoms with van der Waals surface area (Å²) in [6, 6.07) is 12.0. The van der Waals surface area contributed by atoms with E-state index in [2.05, 4.69) is 0 Å². The van der Waals surface area contributed by atoms with E-state index >= 15 is 0 Å². The number of carbonyl (C=O) groups is 1. The van der Waals surface area contributed by atoms with E-state index in [1.807, 2.05) is 31.2 Å². The highest BCUT2D eigenvalue weighted by Crippen LogP contribution is 2.24. The lowest BCUT2D eigenvalue weighted by molar-refractivity contribution is 0.0696. The molecule has 0 fully saturated rings. The maximum Gasteiger partial charge on any atom is 0.335 e. The van der Waals surface area contributed by atoms with E-state index in [-0.39, 0.29) is 5.56 Å². The molecule has 0 aromatic heterocycles. The fraction of sp³-hybridized carbons (Fsp3) is 0.133. The second-order valence-corrected chi connectivity index (χ2v) is 5.26. The largest absolute Gasteiger partial charge is 0.478 e. The van der Waals surface area contributed by atoms with Gasteiger partial charge in [-0.3, -0.25) is 0 Å². The van der Waals surface area contributed by atoms with Gasteiger partial charge in [-0.1, -0.05) is 23.8 Å². The molecule has 19 heavy (non-hydrogen) atoms. The van der Waals surface area contributed by atoms with Crippen LogP contribution < -0.4 is 0 Å². The number of hydrogen-bond donors (Lipinski definition) is 1. The molecule has 0 saturated heterocycles. The van der Waals surface area contributed by atoms with E-state index in [1.54, 1.807) is 0 Å². The van der Waals surface area contributed by atoms with Crippen LogP contribution in [0.4, 0.5) is 4.39 Å². The number of benzene rings is 2. The molecule has 0 amide bonds. The molecule has 2 aromatic carbocycles. The molecular weight excluding hydrogens is 263 g/mol. The van der Waals surface area contributed by atoms with E-state index in [0.717, 1.165) is 11.0 Å². The fourth-order valence-electron chi connectivity index (χ4n) is 1.59. The van der Waals surface area contributed by atoms with Gasteiger partial charge in [0.1, 0.15) is 5.82 Å². The molecule has 0 bridgehead atoms. The molecule has 0 atom stereocenters. The van der Waals surface area contributed by atoms with Gasteiger partial charge in [0, 0.05) is 10.6 Å². The first-order chi connectivity index (χ1) is 9.06. The number of rotatable bonds is 4. The Morgan fingerprint density at radius 3 is 2.47 bits per heavy atom. The Kier molecular flexibility index (Phi) is 4.22. The zero-order valence-electron chi connectivity index (χ0n) is 10.4. The van der Waals surface area contributed by atoms with Crippen molar-refractivity contribution in [3.63, 3.8) is 0 Å². The van der Waals surface area contributed by atoms with Crippen LogP contribution in [0.15, 0.2) is 47.4 Å². The monoisotopic (exact) mass is 276 g/mol. The van der Waals surface area contributed by atoms with Crippen molar-refractivity contribution in [2.45, 2.75) is 17.6 Å². The van der Waals surface area contributed by atoms with Crippen molar-refractivity contribution in [3.05, 3.63) is 65.0 Å². The summed E-state index contributed by atoms with van der Waals surface area (Å²) in [5.41, 5.74) is 1.67. The number of carboxylic acid groups (broad SMARTS) is 1. The van der Waals surface area contributed by atoms with Gasteiger partial charge in [0.25, 0.3) is 0 Å². The Morgan fingerprint density at radius 2 is 1.89 bits per heavy atom. The van der Waals surface area contributed by atoms with Gasteiger partial charge in [0.05, 0.1) is 5.56 Å². The third kappa shape index (κ3) is 3.58. The number of carboxylic acids is 1. The summed E-state index contributed by atoms with van der Waals surface area (Å²) in [6.07, 6.45) is 0. The molecule has 4 heteroatoms. The molecule has 2 rings (SSSR count). The third-order valence-electron chi connectivity index (χ3n) is 2.72. The second kappa shape index (κ2) is 5.89. The second-order valence-electron chi connectivity index (χ2n) is 4.21. The van der Waals surface area contributed by atoms with Gasteiger partial charge in [-0.25, -0.2) is 9.18 Å². The van der Waals surface area contributed by atoms with Gasteiger partial charge in [-0.2, -0.15) is 0 Å². The van der Waals surface area contributed by atoms with Gasteiger partial charge in [-0.15, -0.1) is 11.8 Å². The molecule has 2 aromatic rings. The highest BCUT2D eigenvalue weighted by molar-refractivity contribution is 7.98. The number of aromatic carboxylic acids is 1. The van der Waals surface area contributed by atoms with E-state index in [4.69, 9.17) is 5.11 Å². The van der Waals surface area contributed by atoms with Crippen LogP contribution >= 0.6 is 11.8 Å². The molecule has 98 valence electrons. The van der Waals surface area contributed by atoms with Crippen LogP contribution in [0.3, 0.4) is 0 Å². The zero-order chi connectivity index (χ0) is 13.8. The highest BCUT2D eigenvalue weighted by Gasteiger charge is 2.08. The molecule has 0 aliphatic heterocycles. The topological polar surface area (TPSA) is 37.3 Å². The maximum absolute atomic E-state index is 13.7. The quantitative estimate of drug-likeness (QED) is 0.853. The zero-order valence-corrected chi connectivity index (χ0v) is 11.2. The minimum atomic E-state index is -1.11. The lowest BCUT2D eigenvalue weighted by atomic mass is 10.1. The highest BCUT2D eigenvalue weighted by atomic mass is 32.2. The smallest absolute Gasteiger partial charge is 0.335 e. The molecule has 0 spiro atoms. The van der Waals surface area contributed by atoms with Crippen molar-refractivity contribution >= 4 is 17.7 Å². The average Bonchev–Trinajstić information content (AvgIpc) is 2.39. The van der Waals surface area contributed by atoms with Gasteiger partial charge in [0.15, 0.2) is 0 Å². The van der Waals surface area contributed by atoms with Crippen molar-refractivity contribution < 1.29 is 14.3 Å². The summed E-state index contributed by atoms with van der Waals surface area (Å²) in [6.45, 7) is 2.01. The summed E-state index contributed by atoms with van der Waals surface area (Å²) in [4.78, 5) is 11.8. The molecule has 0 unspecified atom stereocenters. The minimum Gasteiger partial charge on any atom is -0.478 e. The van der Waals surface area contributed by atoms with Crippen LogP contribution in [-0.4, -0.2) is 11.1 Å². The van der Waals surface area contributed by atoms with Crippen molar-refractivity contribution in [1.82, 2.24) is 0 Å². The lowest BCUT2D eigenvalue weighted by Crippen LogP contribution is -1.98.